The monoisotopic (exact) mass is 252 g/mol. The van der Waals surface area contributed by atoms with Crippen molar-refractivity contribution in [3.05, 3.63) is 52.0 Å². The molecule has 90 valence electrons. The molecule has 0 saturated heterocycles. The van der Waals surface area contributed by atoms with E-state index in [2.05, 4.69) is 0 Å². The third-order valence-electron chi connectivity index (χ3n) is 2.71. The highest BCUT2D eigenvalue weighted by molar-refractivity contribution is 7.10. The van der Waals surface area contributed by atoms with E-state index in [-0.39, 0.29) is 11.3 Å². The minimum Gasteiger partial charge on any atom is -0.494 e. The molecule has 0 aliphatic heterocycles. The molecule has 0 fully saturated rings. The van der Waals surface area contributed by atoms with Gasteiger partial charge in [0.25, 0.3) is 0 Å². The van der Waals surface area contributed by atoms with E-state index in [4.69, 9.17) is 4.74 Å². The third-order valence-corrected chi connectivity index (χ3v) is 3.79. The topological polar surface area (TPSA) is 29.5 Å². The molecule has 1 aromatic heterocycles. The quantitative estimate of drug-likeness (QED) is 0.909. The Bertz CT molecular complexity index is 506. The second-order valence-electron chi connectivity index (χ2n) is 3.87. The number of hydrogen-bond acceptors (Lipinski definition) is 3. The second kappa shape index (κ2) is 4.47. The first-order valence-corrected chi connectivity index (χ1v) is 6.04. The van der Waals surface area contributed by atoms with Crippen LogP contribution in [0.4, 0.5) is 4.39 Å². The summed E-state index contributed by atoms with van der Waals surface area (Å²) in [6.07, 6.45) is 0. The van der Waals surface area contributed by atoms with Crippen molar-refractivity contribution in [2.45, 2.75) is 12.5 Å². The highest BCUT2D eigenvalue weighted by Gasteiger charge is 2.30. The lowest BCUT2D eigenvalue weighted by atomic mass is 9.93. The Kier molecular flexibility index (Phi) is 3.17. The molecule has 0 radical (unpaired) electrons. The molecule has 2 nitrogen and oxygen atoms in total. The van der Waals surface area contributed by atoms with Gasteiger partial charge in [-0.1, -0.05) is 18.2 Å². The van der Waals surface area contributed by atoms with Crippen LogP contribution in [0.25, 0.3) is 0 Å². The summed E-state index contributed by atoms with van der Waals surface area (Å²) in [7, 11) is 1.40. The van der Waals surface area contributed by atoms with Gasteiger partial charge in [0.2, 0.25) is 0 Å². The Labute approximate surface area is 103 Å². The molecule has 4 heteroatoms. The van der Waals surface area contributed by atoms with Gasteiger partial charge in [0, 0.05) is 10.4 Å². The summed E-state index contributed by atoms with van der Waals surface area (Å²) in [5.41, 5.74) is -1.12. The van der Waals surface area contributed by atoms with Gasteiger partial charge in [0.1, 0.15) is 5.60 Å². The number of thiophene rings is 1. The van der Waals surface area contributed by atoms with Gasteiger partial charge >= 0.3 is 0 Å². The highest BCUT2D eigenvalue weighted by atomic mass is 32.1. The lowest BCUT2D eigenvalue weighted by molar-refractivity contribution is 0.101. The van der Waals surface area contributed by atoms with Crippen LogP contribution in [-0.4, -0.2) is 12.2 Å². The van der Waals surface area contributed by atoms with E-state index in [9.17, 15) is 9.50 Å². The number of methoxy groups -OCH3 is 1. The minimum atomic E-state index is -1.34. The summed E-state index contributed by atoms with van der Waals surface area (Å²) >= 11 is 1.39. The van der Waals surface area contributed by atoms with E-state index in [1.54, 1.807) is 25.1 Å². The highest BCUT2D eigenvalue weighted by Crippen LogP contribution is 2.36. The average Bonchev–Trinajstić information content (AvgIpc) is 2.83. The van der Waals surface area contributed by atoms with Crippen molar-refractivity contribution in [1.82, 2.24) is 0 Å². The first kappa shape index (κ1) is 12.1. The van der Waals surface area contributed by atoms with Gasteiger partial charge in [-0.25, -0.2) is 4.39 Å². The van der Waals surface area contributed by atoms with Crippen LogP contribution in [0.2, 0.25) is 0 Å². The maximum absolute atomic E-state index is 14.1. The molecule has 0 bridgehead atoms. The van der Waals surface area contributed by atoms with E-state index in [0.29, 0.717) is 4.88 Å². The SMILES string of the molecule is COc1cccc(C(C)(O)c2cccs2)c1F. The number of aliphatic hydroxyl groups is 1. The van der Waals surface area contributed by atoms with Gasteiger partial charge in [-0.3, -0.25) is 0 Å². The van der Waals surface area contributed by atoms with Crippen LogP contribution in [0.15, 0.2) is 35.7 Å². The first-order chi connectivity index (χ1) is 8.07. The van der Waals surface area contributed by atoms with Gasteiger partial charge in [0.05, 0.1) is 7.11 Å². The molecule has 0 spiro atoms. The molecule has 0 aliphatic rings. The van der Waals surface area contributed by atoms with Crippen LogP contribution in [-0.2, 0) is 5.60 Å². The fourth-order valence-corrected chi connectivity index (χ4v) is 2.53. The molecule has 17 heavy (non-hydrogen) atoms. The number of ether oxygens (including phenoxy) is 1. The molecular weight excluding hydrogens is 239 g/mol. The van der Waals surface area contributed by atoms with Crippen molar-refractivity contribution >= 4 is 11.3 Å². The van der Waals surface area contributed by atoms with Crippen molar-refractivity contribution in [2.24, 2.45) is 0 Å². The summed E-state index contributed by atoms with van der Waals surface area (Å²) in [6, 6.07) is 8.37. The maximum Gasteiger partial charge on any atom is 0.171 e. The Balaban J connectivity index is 2.54. The Morgan fingerprint density at radius 2 is 2.06 bits per heavy atom. The van der Waals surface area contributed by atoms with E-state index >= 15 is 0 Å². The number of halogens is 1. The van der Waals surface area contributed by atoms with Crippen LogP contribution in [0.1, 0.15) is 17.4 Å². The molecular formula is C13H13FO2S. The summed E-state index contributed by atoms with van der Waals surface area (Å²) in [5, 5.41) is 12.3. The van der Waals surface area contributed by atoms with Crippen LogP contribution < -0.4 is 4.74 Å². The first-order valence-electron chi connectivity index (χ1n) is 5.16. The molecule has 1 unspecified atom stereocenters. The zero-order valence-electron chi connectivity index (χ0n) is 9.61. The smallest absolute Gasteiger partial charge is 0.171 e. The lowest BCUT2D eigenvalue weighted by Gasteiger charge is -2.23. The zero-order chi connectivity index (χ0) is 12.5. The van der Waals surface area contributed by atoms with Gasteiger partial charge in [-0.15, -0.1) is 11.3 Å². The summed E-state index contributed by atoms with van der Waals surface area (Å²) in [6.45, 7) is 1.58. The standard InChI is InChI=1S/C13H13FO2S/c1-13(15,11-7-4-8-17-11)9-5-3-6-10(16-2)12(9)14/h3-8,15H,1-2H3. The van der Waals surface area contributed by atoms with E-state index < -0.39 is 11.4 Å². The molecule has 0 saturated carbocycles. The number of rotatable bonds is 3. The molecule has 1 heterocycles. The van der Waals surface area contributed by atoms with Gasteiger partial charge in [0.15, 0.2) is 11.6 Å². The molecule has 0 aliphatic carbocycles. The number of benzene rings is 1. The van der Waals surface area contributed by atoms with Crippen LogP contribution in [0.5, 0.6) is 5.75 Å². The number of hydrogen-bond donors (Lipinski definition) is 1. The van der Waals surface area contributed by atoms with Gasteiger partial charge in [-0.2, -0.15) is 0 Å². The van der Waals surface area contributed by atoms with Crippen molar-refractivity contribution < 1.29 is 14.2 Å². The molecule has 2 rings (SSSR count). The summed E-state index contributed by atoms with van der Waals surface area (Å²) < 4.78 is 19.0. The van der Waals surface area contributed by atoms with Crippen molar-refractivity contribution in [2.75, 3.05) is 7.11 Å². The Morgan fingerprint density at radius 3 is 2.65 bits per heavy atom. The predicted octanol–water partition coefficient (Wildman–Crippen LogP) is 3.15. The molecule has 2 aromatic rings. The molecule has 1 N–H and O–H groups in total. The normalized spacial score (nSPS) is 14.4. The zero-order valence-corrected chi connectivity index (χ0v) is 10.4. The predicted molar refractivity (Wildman–Crippen MR) is 65.9 cm³/mol. The van der Waals surface area contributed by atoms with Crippen LogP contribution >= 0.6 is 11.3 Å². The lowest BCUT2D eigenvalue weighted by Crippen LogP contribution is -2.23. The van der Waals surface area contributed by atoms with Crippen molar-refractivity contribution in [3.8, 4) is 5.75 Å². The maximum atomic E-state index is 14.1. The van der Waals surface area contributed by atoms with Gasteiger partial charge in [-0.05, 0) is 24.4 Å². The van der Waals surface area contributed by atoms with E-state index in [1.165, 1.54) is 24.5 Å². The van der Waals surface area contributed by atoms with E-state index in [1.807, 2.05) is 11.4 Å². The fourth-order valence-electron chi connectivity index (χ4n) is 1.73. The summed E-state index contributed by atoms with van der Waals surface area (Å²) in [4.78, 5) is 0.699. The van der Waals surface area contributed by atoms with Crippen LogP contribution in [0.3, 0.4) is 0 Å². The van der Waals surface area contributed by atoms with E-state index in [0.717, 1.165) is 0 Å². The largest absolute Gasteiger partial charge is 0.494 e. The minimum absolute atomic E-state index is 0.138. The summed E-state index contributed by atoms with van der Waals surface area (Å²) in [5.74, 6) is -0.382. The third kappa shape index (κ3) is 2.06. The Morgan fingerprint density at radius 1 is 1.29 bits per heavy atom. The van der Waals surface area contributed by atoms with Crippen molar-refractivity contribution in [3.63, 3.8) is 0 Å². The van der Waals surface area contributed by atoms with Crippen LogP contribution in [0, 0.1) is 5.82 Å². The molecule has 0 amide bonds. The Hall–Kier alpha value is -1.39. The van der Waals surface area contributed by atoms with Gasteiger partial charge < -0.3 is 9.84 Å². The van der Waals surface area contributed by atoms with Crippen molar-refractivity contribution in [1.29, 1.82) is 0 Å². The second-order valence-corrected chi connectivity index (χ2v) is 4.82. The fraction of sp³-hybridized carbons (Fsp3) is 0.231. The molecule has 1 aromatic carbocycles. The molecule has 1 atom stereocenters. The average molecular weight is 252 g/mol.